The van der Waals surface area contributed by atoms with Gasteiger partial charge in [0.25, 0.3) is 5.91 Å². The van der Waals surface area contributed by atoms with E-state index in [0.29, 0.717) is 11.3 Å². The predicted molar refractivity (Wildman–Crippen MR) is 101 cm³/mol. The minimum Gasteiger partial charge on any atom is -0.343 e. The van der Waals surface area contributed by atoms with E-state index >= 15 is 0 Å². The van der Waals surface area contributed by atoms with Crippen LogP contribution in [0.4, 0.5) is 5.69 Å². The van der Waals surface area contributed by atoms with Crippen molar-refractivity contribution >= 4 is 33.4 Å². The number of carbonyl (C=O) groups is 2. The number of nitrogens with zero attached hydrogens (tertiary/aromatic N) is 1. The van der Waals surface area contributed by atoms with Gasteiger partial charge in [0.1, 0.15) is 0 Å². The molecule has 6 heteroatoms. The molecule has 0 spiro atoms. The number of nitrogens with one attached hydrogen (secondary N) is 2. The van der Waals surface area contributed by atoms with Crippen molar-refractivity contribution in [2.24, 2.45) is 0 Å². The van der Waals surface area contributed by atoms with Gasteiger partial charge in [-0.3, -0.25) is 9.59 Å². The summed E-state index contributed by atoms with van der Waals surface area (Å²) >= 11 is 3.36. The molecule has 3 rings (SSSR count). The van der Waals surface area contributed by atoms with Crippen LogP contribution in [0.25, 0.3) is 5.69 Å². The second-order valence-electron chi connectivity index (χ2n) is 5.35. The Kier molecular flexibility index (Phi) is 5.30. The fraction of sp³-hybridized carbons (Fsp3) is 0.0526. The van der Waals surface area contributed by atoms with Gasteiger partial charge in [-0.05, 0) is 64.5 Å². The number of anilines is 1. The highest BCUT2D eigenvalue weighted by molar-refractivity contribution is 9.10. The maximum absolute atomic E-state index is 12.2. The molecule has 2 aromatic carbocycles. The van der Waals surface area contributed by atoms with E-state index in [-0.39, 0.29) is 18.4 Å². The summed E-state index contributed by atoms with van der Waals surface area (Å²) in [5.41, 5.74) is 2.13. The fourth-order valence-electron chi connectivity index (χ4n) is 2.31. The Labute approximate surface area is 153 Å². The summed E-state index contributed by atoms with van der Waals surface area (Å²) in [6.45, 7) is -0.0977. The van der Waals surface area contributed by atoms with Gasteiger partial charge in [-0.25, -0.2) is 0 Å². The van der Waals surface area contributed by atoms with Gasteiger partial charge in [0.2, 0.25) is 5.91 Å². The molecule has 0 aliphatic rings. The van der Waals surface area contributed by atoms with E-state index in [1.807, 2.05) is 59.4 Å². The fourth-order valence-corrected chi connectivity index (χ4v) is 2.70. The Hall–Kier alpha value is -2.86. The van der Waals surface area contributed by atoms with Crippen LogP contribution in [0.2, 0.25) is 0 Å². The summed E-state index contributed by atoms with van der Waals surface area (Å²) in [4.78, 5) is 24.1. The largest absolute Gasteiger partial charge is 0.343 e. The maximum atomic E-state index is 12.2. The third kappa shape index (κ3) is 4.36. The van der Waals surface area contributed by atoms with Crippen LogP contribution in [-0.2, 0) is 4.79 Å². The van der Waals surface area contributed by atoms with Gasteiger partial charge >= 0.3 is 0 Å². The van der Waals surface area contributed by atoms with Crippen molar-refractivity contribution in [3.8, 4) is 5.69 Å². The van der Waals surface area contributed by atoms with Gasteiger partial charge in [-0.2, -0.15) is 0 Å². The molecule has 2 N–H and O–H groups in total. The van der Waals surface area contributed by atoms with Crippen LogP contribution in [0.15, 0.2) is 77.5 Å². The van der Waals surface area contributed by atoms with Gasteiger partial charge in [0.15, 0.2) is 0 Å². The molecule has 1 heterocycles. The number of rotatable bonds is 5. The number of amides is 2. The minimum atomic E-state index is -0.290. The second-order valence-corrected chi connectivity index (χ2v) is 6.20. The van der Waals surface area contributed by atoms with Crippen LogP contribution in [-0.4, -0.2) is 22.9 Å². The average molecular weight is 398 g/mol. The summed E-state index contributed by atoms with van der Waals surface area (Å²) in [6.07, 6.45) is 3.86. The maximum Gasteiger partial charge on any atom is 0.251 e. The Morgan fingerprint density at radius 1 is 0.920 bits per heavy atom. The van der Waals surface area contributed by atoms with Crippen molar-refractivity contribution in [1.29, 1.82) is 0 Å². The first-order chi connectivity index (χ1) is 12.1. The molecule has 0 bridgehead atoms. The highest BCUT2D eigenvalue weighted by Crippen LogP contribution is 2.20. The molecule has 0 radical (unpaired) electrons. The van der Waals surface area contributed by atoms with E-state index in [0.717, 1.165) is 10.2 Å². The molecule has 1 aromatic heterocycles. The van der Waals surface area contributed by atoms with Crippen LogP contribution >= 0.6 is 15.9 Å². The van der Waals surface area contributed by atoms with Crippen molar-refractivity contribution in [3.05, 3.63) is 83.1 Å². The molecule has 0 saturated heterocycles. The van der Waals surface area contributed by atoms with Crippen LogP contribution in [0.5, 0.6) is 0 Å². The van der Waals surface area contributed by atoms with Crippen LogP contribution in [0, 0.1) is 0 Å². The number of halogens is 1. The molecule has 0 saturated carbocycles. The molecule has 2 amide bonds. The van der Waals surface area contributed by atoms with Crippen LogP contribution in [0.3, 0.4) is 0 Å². The van der Waals surface area contributed by atoms with E-state index in [2.05, 4.69) is 26.6 Å². The number of hydrogen-bond donors (Lipinski definition) is 2. The lowest BCUT2D eigenvalue weighted by atomic mass is 10.2. The molecular formula is C19H16BrN3O2. The smallest absolute Gasteiger partial charge is 0.251 e. The lowest BCUT2D eigenvalue weighted by Crippen LogP contribution is -2.32. The van der Waals surface area contributed by atoms with Gasteiger partial charge in [-0.15, -0.1) is 0 Å². The van der Waals surface area contributed by atoms with Crippen molar-refractivity contribution in [2.75, 3.05) is 11.9 Å². The van der Waals surface area contributed by atoms with Gasteiger partial charge in [0.05, 0.1) is 12.2 Å². The number of aromatic nitrogens is 1. The predicted octanol–water partition coefficient (Wildman–Crippen LogP) is 3.61. The highest BCUT2D eigenvalue weighted by atomic mass is 79.9. The first-order valence-electron chi connectivity index (χ1n) is 7.69. The minimum absolute atomic E-state index is 0.0977. The molecule has 25 heavy (non-hydrogen) atoms. The molecule has 0 fully saturated rings. The molecule has 0 aliphatic heterocycles. The summed E-state index contributed by atoms with van der Waals surface area (Å²) in [7, 11) is 0. The number of carbonyl (C=O) groups excluding carboxylic acids is 2. The number of para-hydroxylation sites is 1. The Morgan fingerprint density at radius 2 is 1.60 bits per heavy atom. The molecule has 126 valence electrons. The Balaban J connectivity index is 1.55. The highest BCUT2D eigenvalue weighted by Gasteiger charge is 2.09. The molecule has 0 unspecified atom stereocenters. The van der Waals surface area contributed by atoms with Crippen molar-refractivity contribution in [3.63, 3.8) is 0 Å². The zero-order valence-electron chi connectivity index (χ0n) is 13.3. The second kappa shape index (κ2) is 7.81. The van der Waals surface area contributed by atoms with E-state index in [1.54, 1.807) is 18.2 Å². The molecule has 0 aliphatic carbocycles. The Bertz CT molecular complexity index is 874. The topological polar surface area (TPSA) is 63.1 Å². The summed E-state index contributed by atoms with van der Waals surface area (Å²) in [5, 5.41) is 5.36. The van der Waals surface area contributed by atoms with Gasteiger partial charge in [0, 0.05) is 28.1 Å². The number of benzene rings is 2. The lowest BCUT2D eigenvalue weighted by molar-refractivity contribution is -0.115. The summed E-state index contributed by atoms with van der Waals surface area (Å²) < 4.78 is 2.74. The van der Waals surface area contributed by atoms with Crippen molar-refractivity contribution in [1.82, 2.24) is 9.88 Å². The normalized spacial score (nSPS) is 10.3. The SMILES string of the molecule is O=C(CNC(=O)c1ccc(-n2cccc2)cc1)Nc1ccccc1Br. The van der Waals surface area contributed by atoms with Crippen LogP contribution in [0.1, 0.15) is 10.4 Å². The van der Waals surface area contributed by atoms with E-state index in [4.69, 9.17) is 0 Å². The van der Waals surface area contributed by atoms with Crippen molar-refractivity contribution in [2.45, 2.75) is 0 Å². The molecule has 5 nitrogen and oxygen atoms in total. The summed E-state index contributed by atoms with van der Waals surface area (Å²) in [6, 6.07) is 18.3. The van der Waals surface area contributed by atoms with Crippen LogP contribution < -0.4 is 10.6 Å². The first kappa shape index (κ1) is 17.0. The summed E-state index contributed by atoms with van der Waals surface area (Å²) in [5.74, 6) is -0.578. The standard InChI is InChI=1S/C19H16BrN3O2/c20-16-5-1-2-6-17(16)22-18(24)13-21-19(25)14-7-9-15(10-8-14)23-11-3-4-12-23/h1-12H,13H2,(H,21,25)(H,22,24). The third-order valence-electron chi connectivity index (χ3n) is 3.59. The quantitative estimate of drug-likeness (QED) is 0.690. The van der Waals surface area contributed by atoms with Gasteiger partial charge in [-0.1, -0.05) is 12.1 Å². The molecule has 3 aromatic rings. The monoisotopic (exact) mass is 397 g/mol. The third-order valence-corrected chi connectivity index (χ3v) is 4.28. The Morgan fingerprint density at radius 3 is 2.28 bits per heavy atom. The lowest BCUT2D eigenvalue weighted by Gasteiger charge is -2.09. The first-order valence-corrected chi connectivity index (χ1v) is 8.49. The molecule has 0 atom stereocenters. The van der Waals surface area contributed by atoms with E-state index in [9.17, 15) is 9.59 Å². The van der Waals surface area contributed by atoms with Crippen molar-refractivity contribution < 1.29 is 9.59 Å². The zero-order valence-corrected chi connectivity index (χ0v) is 14.9. The molecular weight excluding hydrogens is 382 g/mol. The van der Waals surface area contributed by atoms with E-state index in [1.165, 1.54) is 0 Å². The number of hydrogen-bond acceptors (Lipinski definition) is 2. The average Bonchev–Trinajstić information content (AvgIpc) is 3.16. The zero-order chi connectivity index (χ0) is 17.6. The van der Waals surface area contributed by atoms with Gasteiger partial charge < -0.3 is 15.2 Å². The van der Waals surface area contributed by atoms with E-state index < -0.39 is 0 Å².